The molecule has 0 saturated heterocycles. The third kappa shape index (κ3) is 2.54. The number of carbonyl (C=O) groups excluding carboxylic acids is 2. The topological polar surface area (TPSA) is 52.6 Å². The second kappa shape index (κ2) is 6.02. The first-order valence-corrected chi connectivity index (χ1v) is 9.22. The van der Waals surface area contributed by atoms with E-state index in [1.54, 1.807) is 19.2 Å². The summed E-state index contributed by atoms with van der Waals surface area (Å²) in [6.07, 6.45) is 0. The van der Waals surface area contributed by atoms with Gasteiger partial charge in [-0.2, -0.15) is 0 Å². The summed E-state index contributed by atoms with van der Waals surface area (Å²) < 4.78 is 11.4. The van der Waals surface area contributed by atoms with Gasteiger partial charge < -0.3 is 9.47 Å². The van der Waals surface area contributed by atoms with E-state index in [0.29, 0.717) is 22.5 Å². The Morgan fingerprint density at radius 2 is 1.62 bits per heavy atom. The van der Waals surface area contributed by atoms with E-state index in [0.717, 1.165) is 10.6 Å². The molecule has 132 valence electrons. The number of carbonyl (C=O) groups is 2. The SMILES string of the molecule is COc1ccc(SC2C3=C(OC2(C)C)c2ccccc2C(=O)C3=O)cc1. The average Bonchev–Trinajstić information content (AvgIpc) is 2.91. The largest absolute Gasteiger partial charge is 0.497 e. The maximum atomic E-state index is 12.8. The first kappa shape index (κ1) is 16.9. The molecule has 1 aliphatic carbocycles. The second-order valence-corrected chi connectivity index (χ2v) is 8.00. The van der Waals surface area contributed by atoms with Crippen molar-refractivity contribution < 1.29 is 19.1 Å². The zero-order valence-electron chi connectivity index (χ0n) is 14.7. The summed E-state index contributed by atoms with van der Waals surface area (Å²) in [5.74, 6) is 0.395. The molecule has 2 aromatic carbocycles. The van der Waals surface area contributed by atoms with Crippen molar-refractivity contribution in [2.75, 3.05) is 7.11 Å². The lowest BCUT2D eigenvalue weighted by Gasteiger charge is -2.27. The molecule has 5 heteroatoms. The highest BCUT2D eigenvalue weighted by atomic mass is 32.2. The molecule has 1 heterocycles. The number of Topliss-reactive ketones (excluding diaryl/α,β-unsaturated/α-hetero) is 2. The molecule has 0 bridgehead atoms. The van der Waals surface area contributed by atoms with Crippen LogP contribution < -0.4 is 4.74 Å². The summed E-state index contributed by atoms with van der Waals surface area (Å²) in [6.45, 7) is 3.90. The molecule has 0 spiro atoms. The zero-order valence-corrected chi connectivity index (χ0v) is 15.6. The van der Waals surface area contributed by atoms with Crippen LogP contribution in [0.3, 0.4) is 0 Å². The van der Waals surface area contributed by atoms with Crippen LogP contribution >= 0.6 is 11.8 Å². The molecule has 4 rings (SSSR count). The Balaban J connectivity index is 1.78. The van der Waals surface area contributed by atoms with Gasteiger partial charge in [0.2, 0.25) is 11.6 Å². The number of hydrogen-bond acceptors (Lipinski definition) is 5. The average molecular weight is 366 g/mol. The predicted molar refractivity (Wildman–Crippen MR) is 101 cm³/mol. The molecule has 1 atom stereocenters. The van der Waals surface area contributed by atoms with Crippen LogP contribution in [0.4, 0.5) is 0 Å². The first-order chi connectivity index (χ1) is 12.4. The van der Waals surface area contributed by atoms with Crippen molar-refractivity contribution in [3.8, 4) is 5.75 Å². The number of thioether (sulfide) groups is 1. The van der Waals surface area contributed by atoms with Crippen LogP contribution in [0.5, 0.6) is 5.75 Å². The van der Waals surface area contributed by atoms with Crippen molar-refractivity contribution in [3.05, 3.63) is 65.2 Å². The fourth-order valence-corrected chi connectivity index (χ4v) is 4.60. The van der Waals surface area contributed by atoms with E-state index in [-0.39, 0.29) is 5.25 Å². The minimum Gasteiger partial charge on any atom is -0.497 e. The van der Waals surface area contributed by atoms with Crippen molar-refractivity contribution in [3.63, 3.8) is 0 Å². The first-order valence-electron chi connectivity index (χ1n) is 8.34. The van der Waals surface area contributed by atoms with E-state index in [9.17, 15) is 9.59 Å². The minimum absolute atomic E-state index is 0.268. The summed E-state index contributed by atoms with van der Waals surface area (Å²) in [4.78, 5) is 26.4. The minimum atomic E-state index is -0.608. The van der Waals surface area contributed by atoms with Crippen molar-refractivity contribution in [2.45, 2.75) is 29.6 Å². The number of benzene rings is 2. The van der Waals surface area contributed by atoms with E-state index in [4.69, 9.17) is 9.47 Å². The van der Waals surface area contributed by atoms with E-state index >= 15 is 0 Å². The third-order valence-electron chi connectivity index (χ3n) is 4.68. The Labute approximate surface area is 156 Å². The van der Waals surface area contributed by atoms with Crippen LogP contribution in [0.2, 0.25) is 0 Å². The number of ether oxygens (including phenoxy) is 2. The Hall–Kier alpha value is -2.53. The maximum Gasteiger partial charge on any atom is 0.234 e. The molecular weight excluding hydrogens is 348 g/mol. The van der Waals surface area contributed by atoms with Crippen LogP contribution in [0, 0.1) is 0 Å². The van der Waals surface area contributed by atoms with Gasteiger partial charge in [0.1, 0.15) is 17.1 Å². The van der Waals surface area contributed by atoms with Gasteiger partial charge in [-0.15, -0.1) is 11.8 Å². The summed E-state index contributed by atoms with van der Waals surface area (Å²) >= 11 is 1.53. The molecule has 0 radical (unpaired) electrons. The fourth-order valence-electron chi connectivity index (χ4n) is 3.38. The molecule has 1 aliphatic heterocycles. The molecule has 2 aliphatic rings. The molecule has 26 heavy (non-hydrogen) atoms. The standard InChI is InChI=1S/C21H18O4S/c1-21(2)20(26-13-10-8-12(24-3)9-11-13)16-18(23)17(22)14-6-4-5-7-15(14)19(16)25-21/h4-11,20H,1-3H3. The molecule has 0 aromatic heterocycles. The van der Waals surface area contributed by atoms with Gasteiger partial charge in [-0.05, 0) is 38.1 Å². The predicted octanol–water partition coefficient (Wildman–Crippen LogP) is 4.14. The number of ketones is 2. The lowest BCUT2D eigenvalue weighted by molar-refractivity contribution is -0.112. The van der Waals surface area contributed by atoms with Gasteiger partial charge in [-0.3, -0.25) is 9.59 Å². The molecule has 0 fully saturated rings. The highest BCUT2D eigenvalue weighted by Gasteiger charge is 2.51. The zero-order chi connectivity index (χ0) is 18.5. The number of rotatable bonds is 3. The molecule has 1 unspecified atom stereocenters. The van der Waals surface area contributed by atoms with Crippen LogP contribution in [0.1, 0.15) is 29.8 Å². The van der Waals surface area contributed by atoms with Crippen molar-refractivity contribution in [1.82, 2.24) is 0 Å². The molecule has 0 saturated carbocycles. The third-order valence-corrected chi connectivity index (χ3v) is 6.27. The molecule has 0 N–H and O–H groups in total. The Morgan fingerprint density at radius 3 is 2.27 bits per heavy atom. The number of fused-ring (bicyclic) bond motifs is 2. The Kier molecular flexibility index (Phi) is 3.92. The van der Waals surface area contributed by atoms with Gasteiger partial charge in [0.25, 0.3) is 0 Å². The lowest BCUT2D eigenvalue weighted by Crippen LogP contribution is -2.35. The Morgan fingerprint density at radius 1 is 0.962 bits per heavy atom. The second-order valence-electron chi connectivity index (χ2n) is 6.83. The molecule has 4 nitrogen and oxygen atoms in total. The van der Waals surface area contributed by atoms with E-state index in [1.165, 1.54) is 11.8 Å². The van der Waals surface area contributed by atoms with Crippen LogP contribution in [-0.2, 0) is 9.53 Å². The smallest absolute Gasteiger partial charge is 0.234 e. The van der Waals surface area contributed by atoms with Gasteiger partial charge in [0.15, 0.2) is 0 Å². The van der Waals surface area contributed by atoms with Gasteiger partial charge in [-0.1, -0.05) is 24.3 Å². The van der Waals surface area contributed by atoms with Crippen LogP contribution in [0.15, 0.2) is 59.0 Å². The highest BCUT2D eigenvalue weighted by Crippen LogP contribution is 2.50. The van der Waals surface area contributed by atoms with Gasteiger partial charge in [0.05, 0.1) is 17.9 Å². The monoisotopic (exact) mass is 366 g/mol. The normalized spacial score (nSPS) is 20.5. The summed E-state index contributed by atoms with van der Waals surface area (Å²) in [6, 6.07) is 14.8. The van der Waals surface area contributed by atoms with Crippen LogP contribution in [-0.4, -0.2) is 29.5 Å². The van der Waals surface area contributed by atoms with E-state index < -0.39 is 17.2 Å². The van der Waals surface area contributed by atoms with Gasteiger partial charge in [-0.25, -0.2) is 0 Å². The molecular formula is C21H18O4S. The number of hydrogen-bond donors (Lipinski definition) is 0. The maximum absolute atomic E-state index is 12.8. The van der Waals surface area contributed by atoms with Crippen molar-refractivity contribution in [1.29, 1.82) is 0 Å². The number of methoxy groups -OCH3 is 1. The summed E-state index contributed by atoms with van der Waals surface area (Å²) in [7, 11) is 1.62. The van der Waals surface area contributed by atoms with Gasteiger partial charge in [0, 0.05) is 16.0 Å². The molecule has 0 amide bonds. The molecule has 2 aromatic rings. The lowest BCUT2D eigenvalue weighted by atomic mass is 9.86. The quantitative estimate of drug-likeness (QED) is 0.764. The van der Waals surface area contributed by atoms with Crippen molar-refractivity contribution >= 4 is 29.1 Å². The van der Waals surface area contributed by atoms with Crippen LogP contribution in [0.25, 0.3) is 5.76 Å². The Bertz CT molecular complexity index is 941. The summed E-state index contributed by atoms with van der Waals surface area (Å²) in [5, 5.41) is -0.268. The van der Waals surface area contributed by atoms with E-state index in [1.807, 2.05) is 50.2 Å². The fraction of sp³-hybridized carbons (Fsp3) is 0.238. The van der Waals surface area contributed by atoms with Gasteiger partial charge >= 0.3 is 0 Å². The summed E-state index contributed by atoms with van der Waals surface area (Å²) in [5.41, 5.74) is 0.988. The van der Waals surface area contributed by atoms with E-state index in [2.05, 4.69) is 0 Å². The van der Waals surface area contributed by atoms with Crippen molar-refractivity contribution in [2.24, 2.45) is 0 Å². The highest BCUT2D eigenvalue weighted by molar-refractivity contribution is 8.00.